The SMILES string of the molecule is COc1cc(CNc2ccco2)c(C)c(OC)c1OC. The van der Waals surface area contributed by atoms with Crippen molar-refractivity contribution >= 4 is 5.88 Å². The minimum Gasteiger partial charge on any atom is -0.493 e. The van der Waals surface area contributed by atoms with Crippen molar-refractivity contribution in [2.24, 2.45) is 0 Å². The molecule has 5 nitrogen and oxygen atoms in total. The van der Waals surface area contributed by atoms with Gasteiger partial charge in [0.05, 0.1) is 27.6 Å². The van der Waals surface area contributed by atoms with E-state index in [-0.39, 0.29) is 0 Å². The highest BCUT2D eigenvalue weighted by atomic mass is 16.5. The topological polar surface area (TPSA) is 52.9 Å². The van der Waals surface area contributed by atoms with Gasteiger partial charge < -0.3 is 23.9 Å². The van der Waals surface area contributed by atoms with Crippen molar-refractivity contribution < 1.29 is 18.6 Å². The number of nitrogens with one attached hydrogen (secondary N) is 1. The fourth-order valence-electron chi connectivity index (χ4n) is 2.10. The summed E-state index contributed by atoms with van der Waals surface area (Å²) in [5.74, 6) is 2.65. The van der Waals surface area contributed by atoms with Crippen LogP contribution in [0, 0.1) is 6.92 Å². The lowest BCUT2D eigenvalue weighted by Gasteiger charge is -2.17. The highest BCUT2D eigenvalue weighted by Gasteiger charge is 2.17. The first-order chi connectivity index (χ1) is 9.71. The molecular weight excluding hydrogens is 258 g/mol. The van der Waals surface area contributed by atoms with Crippen LogP contribution in [0.4, 0.5) is 5.88 Å². The van der Waals surface area contributed by atoms with E-state index >= 15 is 0 Å². The minimum atomic E-state index is 0.606. The van der Waals surface area contributed by atoms with Crippen LogP contribution in [0.2, 0.25) is 0 Å². The molecule has 1 heterocycles. The molecular formula is C15H19NO4. The molecule has 0 bridgehead atoms. The van der Waals surface area contributed by atoms with Crippen LogP contribution >= 0.6 is 0 Å². The van der Waals surface area contributed by atoms with Gasteiger partial charge in [-0.1, -0.05) is 0 Å². The zero-order valence-corrected chi connectivity index (χ0v) is 12.1. The van der Waals surface area contributed by atoms with Gasteiger partial charge >= 0.3 is 0 Å². The van der Waals surface area contributed by atoms with Crippen LogP contribution in [0.3, 0.4) is 0 Å². The van der Waals surface area contributed by atoms with Crippen LogP contribution in [-0.4, -0.2) is 21.3 Å². The first kappa shape index (κ1) is 14.1. The molecule has 0 radical (unpaired) electrons. The van der Waals surface area contributed by atoms with E-state index in [9.17, 15) is 0 Å². The van der Waals surface area contributed by atoms with E-state index < -0.39 is 0 Å². The Morgan fingerprint density at radius 1 is 1.10 bits per heavy atom. The molecule has 1 aromatic heterocycles. The van der Waals surface area contributed by atoms with E-state index in [1.165, 1.54) is 0 Å². The zero-order chi connectivity index (χ0) is 14.5. The number of furan rings is 1. The molecule has 0 aliphatic carbocycles. The molecule has 108 valence electrons. The third-order valence-corrected chi connectivity index (χ3v) is 3.16. The molecule has 5 heteroatoms. The number of rotatable bonds is 6. The molecule has 0 saturated heterocycles. The van der Waals surface area contributed by atoms with Crippen molar-refractivity contribution in [1.29, 1.82) is 0 Å². The lowest BCUT2D eigenvalue weighted by Crippen LogP contribution is -2.04. The summed E-state index contributed by atoms with van der Waals surface area (Å²) in [5, 5.41) is 3.20. The maximum absolute atomic E-state index is 5.43. The fourth-order valence-corrected chi connectivity index (χ4v) is 2.10. The Morgan fingerprint density at radius 2 is 1.85 bits per heavy atom. The lowest BCUT2D eigenvalue weighted by atomic mass is 10.1. The number of benzene rings is 1. The molecule has 0 aliphatic rings. The standard InChI is InChI=1S/C15H19NO4/c1-10-11(9-16-13-6-5-7-20-13)8-12(17-2)15(19-4)14(10)18-3/h5-8,16H,9H2,1-4H3. The van der Waals surface area contributed by atoms with Gasteiger partial charge in [-0.25, -0.2) is 0 Å². The summed E-state index contributed by atoms with van der Waals surface area (Å²) in [6.45, 7) is 2.59. The molecule has 0 amide bonds. The van der Waals surface area contributed by atoms with Gasteiger partial charge in [-0.3, -0.25) is 0 Å². The fraction of sp³-hybridized carbons (Fsp3) is 0.333. The summed E-state index contributed by atoms with van der Waals surface area (Å²) in [6, 6.07) is 5.64. The van der Waals surface area contributed by atoms with E-state index in [0.717, 1.165) is 17.0 Å². The Kier molecular flexibility index (Phi) is 4.40. The Labute approximate surface area is 118 Å². The minimum absolute atomic E-state index is 0.606. The predicted octanol–water partition coefficient (Wildman–Crippen LogP) is 3.23. The summed E-state index contributed by atoms with van der Waals surface area (Å²) in [6.07, 6.45) is 1.63. The highest BCUT2D eigenvalue weighted by molar-refractivity contribution is 5.59. The summed E-state index contributed by atoms with van der Waals surface area (Å²) >= 11 is 0. The Hall–Kier alpha value is -2.30. The smallest absolute Gasteiger partial charge is 0.203 e. The van der Waals surface area contributed by atoms with Gasteiger partial charge in [0.25, 0.3) is 0 Å². The number of ether oxygens (including phenoxy) is 3. The lowest BCUT2D eigenvalue weighted by molar-refractivity contribution is 0.322. The van der Waals surface area contributed by atoms with Crippen LogP contribution in [0.25, 0.3) is 0 Å². The second kappa shape index (κ2) is 6.23. The van der Waals surface area contributed by atoms with Crippen LogP contribution in [0.15, 0.2) is 28.9 Å². The summed E-state index contributed by atoms with van der Waals surface area (Å²) in [5.41, 5.74) is 2.06. The van der Waals surface area contributed by atoms with E-state index in [1.54, 1.807) is 27.6 Å². The number of hydrogen-bond acceptors (Lipinski definition) is 5. The molecule has 2 aromatic rings. The molecule has 0 aliphatic heterocycles. The van der Waals surface area contributed by atoms with Gasteiger partial charge in [-0.15, -0.1) is 0 Å². The molecule has 0 unspecified atom stereocenters. The largest absolute Gasteiger partial charge is 0.493 e. The van der Waals surface area contributed by atoms with Crippen LogP contribution in [0.1, 0.15) is 11.1 Å². The molecule has 0 saturated carbocycles. The molecule has 1 aromatic carbocycles. The molecule has 20 heavy (non-hydrogen) atoms. The second-order valence-electron chi connectivity index (χ2n) is 4.26. The van der Waals surface area contributed by atoms with Crippen molar-refractivity contribution in [2.75, 3.05) is 26.6 Å². The van der Waals surface area contributed by atoms with Gasteiger partial charge in [0.2, 0.25) is 5.75 Å². The van der Waals surface area contributed by atoms with Crippen molar-refractivity contribution in [1.82, 2.24) is 0 Å². The predicted molar refractivity (Wildman–Crippen MR) is 76.9 cm³/mol. The van der Waals surface area contributed by atoms with E-state index in [1.807, 2.05) is 25.1 Å². The first-order valence-corrected chi connectivity index (χ1v) is 6.27. The quantitative estimate of drug-likeness (QED) is 0.878. The first-order valence-electron chi connectivity index (χ1n) is 6.27. The van der Waals surface area contributed by atoms with Crippen molar-refractivity contribution in [3.05, 3.63) is 35.6 Å². The zero-order valence-electron chi connectivity index (χ0n) is 12.1. The normalized spacial score (nSPS) is 10.2. The van der Waals surface area contributed by atoms with Gasteiger partial charge in [0, 0.05) is 18.2 Å². The summed E-state index contributed by atoms with van der Waals surface area (Å²) in [4.78, 5) is 0. The monoisotopic (exact) mass is 277 g/mol. The maximum Gasteiger partial charge on any atom is 0.203 e. The Bertz CT molecular complexity index is 564. The second-order valence-corrected chi connectivity index (χ2v) is 4.26. The summed E-state index contributed by atoms with van der Waals surface area (Å²) in [7, 11) is 4.82. The van der Waals surface area contributed by atoms with Gasteiger partial charge in [-0.05, 0) is 24.6 Å². The van der Waals surface area contributed by atoms with Crippen LogP contribution < -0.4 is 19.5 Å². The van der Waals surface area contributed by atoms with Gasteiger partial charge in [0.1, 0.15) is 0 Å². The van der Waals surface area contributed by atoms with Crippen molar-refractivity contribution in [2.45, 2.75) is 13.5 Å². The Balaban J connectivity index is 2.32. The van der Waals surface area contributed by atoms with Gasteiger partial charge in [0.15, 0.2) is 17.4 Å². The van der Waals surface area contributed by atoms with Crippen LogP contribution in [0.5, 0.6) is 17.2 Å². The molecule has 2 rings (SSSR count). The maximum atomic E-state index is 5.43. The molecule has 0 fully saturated rings. The molecule has 1 N–H and O–H groups in total. The average molecular weight is 277 g/mol. The highest BCUT2D eigenvalue weighted by Crippen LogP contribution is 2.41. The molecule has 0 atom stereocenters. The third kappa shape index (κ3) is 2.66. The third-order valence-electron chi connectivity index (χ3n) is 3.16. The van der Waals surface area contributed by atoms with Gasteiger partial charge in [-0.2, -0.15) is 0 Å². The van der Waals surface area contributed by atoms with Crippen molar-refractivity contribution in [3.63, 3.8) is 0 Å². The van der Waals surface area contributed by atoms with E-state index in [0.29, 0.717) is 23.8 Å². The average Bonchev–Trinajstić information content (AvgIpc) is 2.98. The van der Waals surface area contributed by atoms with Crippen molar-refractivity contribution in [3.8, 4) is 17.2 Å². The number of hydrogen-bond donors (Lipinski definition) is 1. The number of methoxy groups -OCH3 is 3. The molecule has 0 spiro atoms. The van der Waals surface area contributed by atoms with E-state index in [2.05, 4.69) is 5.32 Å². The van der Waals surface area contributed by atoms with E-state index in [4.69, 9.17) is 18.6 Å². The number of anilines is 1. The summed E-state index contributed by atoms with van der Waals surface area (Å²) < 4.78 is 21.4. The van der Waals surface area contributed by atoms with Crippen LogP contribution in [-0.2, 0) is 6.54 Å². The Morgan fingerprint density at radius 3 is 2.40 bits per heavy atom.